The van der Waals surface area contributed by atoms with Crippen LogP contribution in [0.1, 0.15) is 37.8 Å². The van der Waals surface area contributed by atoms with Gasteiger partial charge in [0.25, 0.3) is 0 Å². The predicted octanol–water partition coefficient (Wildman–Crippen LogP) is 2.01. The summed E-state index contributed by atoms with van der Waals surface area (Å²) >= 11 is 0. The van der Waals surface area contributed by atoms with Crippen molar-refractivity contribution in [3.63, 3.8) is 0 Å². The zero-order valence-electron chi connectivity index (χ0n) is 11.7. The second-order valence-corrected chi connectivity index (χ2v) is 5.06. The number of carbonyl (C=O) groups excluding carboxylic acids is 2. The van der Waals surface area contributed by atoms with Crippen LogP contribution in [-0.4, -0.2) is 29.8 Å². The number of imide groups is 1. The van der Waals surface area contributed by atoms with Gasteiger partial charge in [0.15, 0.2) is 0 Å². The highest BCUT2D eigenvalue weighted by Gasteiger charge is 2.32. The summed E-state index contributed by atoms with van der Waals surface area (Å²) in [5.74, 6) is -0.604. The third-order valence-corrected chi connectivity index (χ3v) is 3.73. The van der Waals surface area contributed by atoms with Gasteiger partial charge in [0.2, 0.25) is 11.8 Å². The molecule has 1 fully saturated rings. The third kappa shape index (κ3) is 3.04. The molecule has 0 bridgehead atoms. The van der Waals surface area contributed by atoms with Gasteiger partial charge in [0, 0.05) is 19.5 Å². The largest absolute Gasteiger partial charge is 0.299 e. The van der Waals surface area contributed by atoms with Crippen molar-refractivity contribution in [2.24, 2.45) is 0 Å². The van der Waals surface area contributed by atoms with E-state index in [1.54, 1.807) is 12.1 Å². The Morgan fingerprint density at radius 2 is 2.00 bits per heavy atom. The van der Waals surface area contributed by atoms with E-state index in [-0.39, 0.29) is 29.7 Å². The molecule has 1 N–H and O–H groups in total. The number of hydrogen-bond donors (Lipinski definition) is 1. The first kappa shape index (κ1) is 14.7. The Morgan fingerprint density at radius 1 is 1.35 bits per heavy atom. The van der Waals surface area contributed by atoms with E-state index >= 15 is 0 Å². The van der Waals surface area contributed by atoms with E-state index in [2.05, 4.69) is 5.32 Å². The van der Waals surface area contributed by atoms with Crippen molar-refractivity contribution in [2.75, 3.05) is 7.05 Å². The molecule has 0 aromatic heterocycles. The Labute approximate surface area is 118 Å². The first-order valence-electron chi connectivity index (χ1n) is 6.84. The van der Waals surface area contributed by atoms with Crippen molar-refractivity contribution < 1.29 is 14.0 Å². The first-order valence-corrected chi connectivity index (χ1v) is 6.84. The average molecular weight is 278 g/mol. The highest BCUT2D eigenvalue weighted by molar-refractivity contribution is 6.00. The number of piperidine rings is 1. The molecule has 20 heavy (non-hydrogen) atoms. The Hall–Kier alpha value is -1.75. The van der Waals surface area contributed by atoms with Gasteiger partial charge >= 0.3 is 0 Å². The normalized spacial score (nSPS) is 21.1. The second kappa shape index (κ2) is 6.13. The molecule has 0 saturated carbocycles. The van der Waals surface area contributed by atoms with Crippen molar-refractivity contribution in [1.82, 2.24) is 10.2 Å². The molecule has 1 heterocycles. The van der Waals surface area contributed by atoms with Crippen molar-refractivity contribution >= 4 is 11.8 Å². The molecule has 0 radical (unpaired) electrons. The van der Waals surface area contributed by atoms with Gasteiger partial charge in [-0.2, -0.15) is 0 Å². The van der Waals surface area contributed by atoms with E-state index < -0.39 is 0 Å². The van der Waals surface area contributed by atoms with Gasteiger partial charge < -0.3 is 0 Å². The Morgan fingerprint density at radius 3 is 2.60 bits per heavy atom. The maximum absolute atomic E-state index is 13.0. The second-order valence-electron chi connectivity index (χ2n) is 5.06. The van der Waals surface area contributed by atoms with E-state index in [1.165, 1.54) is 24.1 Å². The summed E-state index contributed by atoms with van der Waals surface area (Å²) in [5, 5.41) is 3.28. The average Bonchev–Trinajstić information content (AvgIpc) is 2.45. The third-order valence-electron chi connectivity index (χ3n) is 3.73. The van der Waals surface area contributed by atoms with Crippen LogP contribution in [-0.2, 0) is 9.59 Å². The van der Waals surface area contributed by atoms with Crippen molar-refractivity contribution in [1.29, 1.82) is 0 Å². The van der Waals surface area contributed by atoms with E-state index in [0.717, 1.165) is 12.0 Å². The summed E-state index contributed by atoms with van der Waals surface area (Å²) in [5.41, 5.74) is 0.946. The van der Waals surface area contributed by atoms with Crippen molar-refractivity contribution in [2.45, 2.75) is 38.3 Å². The summed E-state index contributed by atoms with van der Waals surface area (Å²) in [6.45, 7) is 2.00. The number of nitrogens with one attached hydrogen (secondary N) is 1. The van der Waals surface area contributed by atoms with E-state index in [0.29, 0.717) is 12.8 Å². The Kier molecular flexibility index (Phi) is 4.49. The standard InChI is InChI=1S/C15H19FN2O2/c1-3-12(10-4-6-11(16)7-5-10)17-13-8-9-14(19)18(2)15(13)20/h4-7,12-13,17H,3,8-9H2,1-2H3. The molecule has 2 rings (SSSR count). The zero-order chi connectivity index (χ0) is 14.7. The molecule has 2 unspecified atom stereocenters. The monoisotopic (exact) mass is 278 g/mol. The molecule has 5 heteroatoms. The lowest BCUT2D eigenvalue weighted by Gasteiger charge is -2.31. The van der Waals surface area contributed by atoms with Gasteiger partial charge in [-0.05, 0) is 30.5 Å². The number of rotatable bonds is 4. The minimum absolute atomic E-state index is 0.0221. The van der Waals surface area contributed by atoms with Crippen LogP contribution < -0.4 is 5.32 Å². The zero-order valence-corrected chi connectivity index (χ0v) is 11.7. The van der Waals surface area contributed by atoms with Crippen LogP contribution in [0.25, 0.3) is 0 Å². The fourth-order valence-electron chi connectivity index (χ4n) is 2.46. The highest BCUT2D eigenvalue weighted by atomic mass is 19.1. The number of halogens is 1. The molecule has 108 valence electrons. The van der Waals surface area contributed by atoms with Crippen LogP contribution >= 0.6 is 0 Å². The number of likely N-dealkylation sites (tertiary alicyclic amines) is 1. The van der Waals surface area contributed by atoms with E-state index in [1.807, 2.05) is 6.92 Å². The minimum Gasteiger partial charge on any atom is -0.299 e. The molecule has 4 nitrogen and oxygen atoms in total. The summed E-state index contributed by atoms with van der Waals surface area (Å²) < 4.78 is 13.0. The molecule has 2 atom stereocenters. The van der Waals surface area contributed by atoms with Crippen LogP contribution in [0.5, 0.6) is 0 Å². The van der Waals surface area contributed by atoms with Crippen LogP contribution in [0.15, 0.2) is 24.3 Å². The lowest BCUT2D eigenvalue weighted by Crippen LogP contribution is -2.52. The number of likely N-dealkylation sites (N-methyl/N-ethyl adjacent to an activating group) is 1. The number of carbonyl (C=O) groups is 2. The van der Waals surface area contributed by atoms with E-state index in [4.69, 9.17) is 0 Å². The number of hydrogen-bond acceptors (Lipinski definition) is 3. The maximum atomic E-state index is 13.0. The van der Waals surface area contributed by atoms with Crippen LogP contribution in [0.2, 0.25) is 0 Å². The first-order chi connectivity index (χ1) is 9.52. The fraction of sp³-hybridized carbons (Fsp3) is 0.467. The smallest absolute Gasteiger partial charge is 0.246 e. The maximum Gasteiger partial charge on any atom is 0.246 e. The number of amides is 2. The molecule has 1 aliphatic heterocycles. The van der Waals surface area contributed by atoms with Crippen LogP contribution in [0, 0.1) is 5.82 Å². The van der Waals surface area contributed by atoms with Gasteiger partial charge in [-0.25, -0.2) is 4.39 Å². The van der Waals surface area contributed by atoms with Crippen molar-refractivity contribution in [3.05, 3.63) is 35.6 Å². The molecule has 1 saturated heterocycles. The van der Waals surface area contributed by atoms with Gasteiger partial charge in [-0.1, -0.05) is 19.1 Å². The van der Waals surface area contributed by atoms with Crippen LogP contribution in [0.3, 0.4) is 0 Å². The molecule has 2 amide bonds. The SMILES string of the molecule is CCC(NC1CCC(=O)N(C)C1=O)c1ccc(F)cc1. The molecule has 0 aliphatic carbocycles. The van der Waals surface area contributed by atoms with Gasteiger partial charge in [-0.15, -0.1) is 0 Å². The van der Waals surface area contributed by atoms with Crippen LogP contribution in [0.4, 0.5) is 4.39 Å². The lowest BCUT2D eigenvalue weighted by atomic mass is 9.99. The van der Waals surface area contributed by atoms with Gasteiger partial charge in [0.1, 0.15) is 5.82 Å². The number of nitrogens with zero attached hydrogens (tertiary/aromatic N) is 1. The van der Waals surface area contributed by atoms with Crippen molar-refractivity contribution in [3.8, 4) is 0 Å². The topological polar surface area (TPSA) is 49.4 Å². The summed E-state index contributed by atoms with van der Waals surface area (Å²) in [7, 11) is 1.51. The lowest BCUT2D eigenvalue weighted by molar-refractivity contribution is -0.148. The molecular weight excluding hydrogens is 259 g/mol. The molecule has 1 aromatic rings. The Bertz CT molecular complexity index is 501. The summed E-state index contributed by atoms with van der Waals surface area (Å²) in [6.07, 6.45) is 1.67. The molecule has 0 spiro atoms. The van der Waals surface area contributed by atoms with Gasteiger partial charge in [-0.3, -0.25) is 19.8 Å². The van der Waals surface area contributed by atoms with E-state index in [9.17, 15) is 14.0 Å². The molecular formula is C15H19FN2O2. The summed E-state index contributed by atoms with van der Waals surface area (Å²) in [4.78, 5) is 24.7. The fourth-order valence-corrected chi connectivity index (χ4v) is 2.46. The summed E-state index contributed by atoms with van der Waals surface area (Å²) in [6, 6.07) is 5.90. The minimum atomic E-state index is -0.354. The number of benzene rings is 1. The quantitative estimate of drug-likeness (QED) is 0.857. The van der Waals surface area contributed by atoms with Gasteiger partial charge in [0.05, 0.1) is 6.04 Å². The molecule has 1 aromatic carbocycles. The molecule has 1 aliphatic rings. The Balaban J connectivity index is 2.08. The predicted molar refractivity (Wildman–Crippen MR) is 73.4 cm³/mol. The highest BCUT2D eigenvalue weighted by Crippen LogP contribution is 2.21.